The van der Waals surface area contributed by atoms with Crippen LogP contribution in [-0.4, -0.2) is 48.3 Å². The van der Waals surface area contributed by atoms with E-state index in [4.69, 9.17) is 4.74 Å². The first-order valence-electron chi connectivity index (χ1n) is 7.25. The minimum atomic E-state index is -0.590. The molecule has 2 saturated heterocycles. The molecule has 0 aromatic carbocycles. The molecule has 1 aliphatic carbocycles. The first-order valence-corrected chi connectivity index (χ1v) is 7.25. The van der Waals surface area contributed by atoms with Gasteiger partial charge in [-0.25, -0.2) is 0 Å². The lowest BCUT2D eigenvalue weighted by Crippen LogP contribution is -2.63. The smallest absolute Gasteiger partial charge is 0.308 e. The second-order valence-corrected chi connectivity index (χ2v) is 6.31. The van der Waals surface area contributed by atoms with Crippen LogP contribution in [0, 0.1) is 11.3 Å². The Morgan fingerprint density at radius 2 is 1.83 bits per heavy atom. The molecule has 2 heterocycles. The molecule has 0 aromatic rings. The highest BCUT2D eigenvalue weighted by molar-refractivity contribution is 5.71. The highest BCUT2D eigenvalue weighted by atomic mass is 16.5. The molecule has 3 fully saturated rings. The number of hydrogen-bond acceptors (Lipinski definition) is 3. The molecular formula is C14H23NO3. The molecule has 0 radical (unpaired) electrons. The number of aliphatic carboxylic acids is 1. The monoisotopic (exact) mass is 253 g/mol. The Morgan fingerprint density at radius 3 is 2.50 bits per heavy atom. The Bertz CT molecular complexity index is 317. The van der Waals surface area contributed by atoms with Gasteiger partial charge in [-0.2, -0.15) is 0 Å². The predicted octanol–water partition coefficient (Wildman–Crippen LogP) is 1.74. The maximum absolute atomic E-state index is 11.3. The number of nitrogens with zero attached hydrogens (tertiary/aromatic N) is 1. The summed E-state index contributed by atoms with van der Waals surface area (Å²) in [7, 11) is 0. The van der Waals surface area contributed by atoms with Crippen molar-refractivity contribution < 1.29 is 14.6 Å². The SMILES string of the molecule is O=C(O)C1CCCCC1N1CC2(CCOCC2)C1. The van der Waals surface area contributed by atoms with Gasteiger partial charge in [0.1, 0.15) is 0 Å². The first kappa shape index (κ1) is 12.4. The molecule has 0 bridgehead atoms. The number of carboxylic acid groups (broad SMARTS) is 1. The van der Waals surface area contributed by atoms with Gasteiger partial charge in [-0.05, 0) is 25.7 Å². The fourth-order valence-electron chi connectivity index (χ4n) is 4.01. The zero-order valence-electron chi connectivity index (χ0n) is 10.9. The van der Waals surface area contributed by atoms with E-state index < -0.39 is 5.97 Å². The van der Waals surface area contributed by atoms with Gasteiger partial charge in [-0.15, -0.1) is 0 Å². The van der Waals surface area contributed by atoms with Crippen molar-refractivity contribution in [1.82, 2.24) is 4.90 Å². The summed E-state index contributed by atoms with van der Waals surface area (Å²) in [6.07, 6.45) is 6.54. The Balaban J connectivity index is 1.60. The van der Waals surface area contributed by atoms with Crippen LogP contribution in [0.1, 0.15) is 38.5 Å². The Hall–Kier alpha value is -0.610. The third-order valence-electron chi connectivity index (χ3n) is 5.15. The van der Waals surface area contributed by atoms with Gasteiger partial charge < -0.3 is 9.84 Å². The summed E-state index contributed by atoms with van der Waals surface area (Å²) >= 11 is 0. The topological polar surface area (TPSA) is 49.8 Å². The van der Waals surface area contributed by atoms with Crippen molar-refractivity contribution in [2.75, 3.05) is 26.3 Å². The van der Waals surface area contributed by atoms with E-state index in [9.17, 15) is 9.90 Å². The largest absolute Gasteiger partial charge is 0.481 e. The van der Waals surface area contributed by atoms with Crippen molar-refractivity contribution in [3.8, 4) is 0 Å². The summed E-state index contributed by atoms with van der Waals surface area (Å²) in [6.45, 7) is 3.98. The molecule has 2 atom stereocenters. The Labute approximate surface area is 108 Å². The van der Waals surface area contributed by atoms with Crippen LogP contribution in [0.3, 0.4) is 0 Å². The van der Waals surface area contributed by atoms with E-state index in [0.29, 0.717) is 11.5 Å². The van der Waals surface area contributed by atoms with Gasteiger partial charge in [-0.1, -0.05) is 12.8 Å². The number of rotatable bonds is 2. The fourth-order valence-corrected chi connectivity index (χ4v) is 4.01. The molecule has 0 aromatic heterocycles. The lowest BCUT2D eigenvalue weighted by atomic mass is 9.70. The van der Waals surface area contributed by atoms with Crippen LogP contribution in [0.2, 0.25) is 0 Å². The average molecular weight is 253 g/mol. The average Bonchev–Trinajstić information content (AvgIpc) is 2.37. The molecule has 2 unspecified atom stereocenters. The van der Waals surface area contributed by atoms with Gasteiger partial charge in [0, 0.05) is 37.8 Å². The Kier molecular flexibility index (Phi) is 3.32. The number of hydrogen-bond donors (Lipinski definition) is 1. The third-order valence-corrected chi connectivity index (χ3v) is 5.15. The molecular weight excluding hydrogens is 230 g/mol. The van der Waals surface area contributed by atoms with Crippen LogP contribution in [0.25, 0.3) is 0 Å². The minimum absolute atomic E-state index is 0.129. The minimum Gasteiger partial charge on any atom is -0.481 e. The summed E-state index contributed by atoms with van der Waals surface area (Å²) in [5.41, 5.74) is 0.457. The highest BCUT2D eigenvalue weighted by Crippen LogP contribution is 2.43. The van der Waals surface area contributed by atoms with Crippen LogP contribution < -0.4 is 0 Å². The maximum Gasteiger partial charge on any atom is 0.308 e. The fraction of sp³-hybridized carbons (Fsp3) is 0.929. The standard InChI is InChI=1S/C14H23NO3/c16-13(17)11-3-1-2-4-12(11)15-9-14(10-15)5-7-18-8-6-14/h11-12H,1-10H2,(H,16,17). The normalized spacial score (nSPS) is 36.2. The molecule has 1 spiro atoms. The molecule has 102 valence electrons. The number of carboxylic acids is 1. The van der Waals surface area contributed by atoms with Crippen LogP contribution >= 0.6 is 0 Å². The van der Waals surface area contributed by atoms with Crippen molar-refractivity contribution in [1.29, 1.82) is 0 Å². The lowest BCUT2D eigenvalue weighted by Gasteiger charge is -2.56. The van der Waals surface area contributed by atoms with Crippen LogP contribution in [0.5, 0.6) is 0 Å². The molecule has 3 rings (SSSR count). The quantitative estimate of drug-likeness (QED) is 0.814. The van der Waals surface area contributed by atoms with Gasteiger partial charge in [-0.3, -0.25) is 9.69 Å². The number of carbonyl (C=O) groups is 1. The van der Waals surface area contributed by atoms with Crippen molar-refractivity contribution in [3.63, 3.8) is 0 Å². The molecule has 4 nitrogen and oxygen atoms in total. The van der Waals surface area contributed by atoms with Gasteiger partial charge in [0.15, 0.2) is 0 Å². The second kappa shape index (κ2) is 4.82. The van der Waals surface area contributed by atoms with E-state index in [1.165, 1.54) is 6.42 Å². The van der Waals surface area contributed by atoms with Crippen molar-refractivity contribution >= 4 is 5.97 Å². The van der Waals surface area contributed by atoms with E-state index in [1.807, 2.05) is 0 Å². The first-order chi connectivity index (χ1) is 8.70. The second-order valence-electron chi connectivity index (χ2n) is 6.31. The highest BCUT2D eigenvalue weighted by Gasteiger charge is 2.48. The molecule has 4 heteroatoms. The summed E-state index contributed by atoms with van der Waals surface area (Å²) in [6, 6.07) is 0.296. The third kappa shape index (κ3) is 2.16. The van der Waals surface area contributed by atoms with E-state index in [-0.39, 0.29) is 5.92 Å². The van der Waals surface area contributed by atoms with E-state index in [2.05, 4.69) is 4.90 Å². The number of ether oxygens (including phenoxy) is 1. The van der Waals surface area contributed by atoms with Gasteiger partial charge in [0.2, 0.25) is 0 Å². The summed E-state index contributed by atoms with van der Waals surface area (Å²) < 4.78 is 5.43. The van der Waals surface area contributed by atoms with Gasteiger partial charge in [0.05, 0.1) is 5.92 Å². The Morgan fingerprint density at radius 1 is 1.17 bits per heavy atom. The molecule has 2 aliphatic heterocycles. The van der Waals surface area contributed by atoms with Crippen LogP contribution in [-0.2, 0) is 9.53 Å². The maximum atomic E-state index is 11.3. The van der Waals surface area contributed by atoms with Gasteiger partial charge in [0.25, 0.3) is 0 Å². The molecule has 0 amide bonds. The summed E-state index contributed by atoms with van der Waals surface area (Å²) in [5, 5.41) is 9.33. The lowest BCUT2D eigenvalue weighted by molar-refractivity contribution is -0.153. The summed E-state index contributed by atoms with van der Waals surface area (Å²) in [5.74, 6) is -0.719. The molecule has 3 aliphatic rings. The van der Waals surface area contributed by atoms with Crippen molar-refractivity contribution in [2.24, 2.45) is 11.3 Å². The zero-order valence-corrected chi connectivity index (χ0v) is 10.9. The van der Waals surface area contributed by atoms with Crippen LogP contribution in [0.15, 0.2) is 0 Å². The van der Waals surface area contributed by atoms with E-state index >= 15 is 0 Å². The van der Waals surface area contributed by atoms with Crippen molar-refractivity contribution in [3.05, 3.63) is 0 Å². The van der Waals surface area contributed by atoms with Crippen molar-refractivity contribution in [2.45, 2.75) is 44.6 Å². The van der Waals surface area contributed by atoms with Gasteiger partial charge >= 0.3 is 5.97 Å². The molecule has 18 heavy (non-hydrogen) atoms. The van der Waals surface area contributed by atoms with E-state index in [1.54, 1.807) is 0 Å². The molecule has 1 saturated carbocycles. The predicted molar refractivity (Wildman–Crippen MR) is 67.4 cm³/mol. The van der Waals surface area contributed by atoms with E-state index in [0.717, 1.165) is 58.4 Å². The summed E-state index contributed by atoms with van der Waals surface area (Å²) in [4.78, 5) is 13.8. The molecule has 1 N–H and O–H groups in total. The van der Waals surface area contributed by atoms with Crippen LogP contribution in [0.4, 0.5) is 0 Å². The zero-order chi connectivity index (χ0) is 12.6. The number of likely N-dealkylation sites (tertiary alicyclic amines) is 1.